The van der Waals surface area contributed by atoms with Crippen molar-refractivity contribution in [1.82, 2.24) is 14.8 Å². The van der Waals surface area contributed by atoms with Crippen molar-refractivity contribution in [3.8, 4) is 0 Å². The normalized spacial score (nSPS) is 26.8. The van der Waals surface area contributed by atoms with Crippen LogP contribution in [-0.2, 0) is 22.5 Å². The number of hydrogen-bond acceptors (Lipinski definition) is 4. The van der Waals surface area contributed by atoms with E-state index in [-0.39, 0.29) is 17.9 Å². The Morgan fingerprint density at radius 2 is 2.03 bits per heavy atom. The van der Waals surface area contributed by atoms with Crippen LogP contribution in [0.5, 0.6) is 0 Å². The molecule has 1 atom stereocenters. The summed E-state index contributed by atoms with van der Waals surface area (Å²) in [6.07, 6.45) is 5.29. The summed E-state index contributed by atoms with van der Waals surface area (Å²) in [5.74, 6) is 0.588. The van der Waals surface area contributed by atoms with Crippen molar-refractivity contribution >= 4 is 33.4 Å². The monoisotopic (exact) mass is 431 g/mol. The average Bonchev–Trinajstić information content (AvgIpc) is 3.28. The number of methoxy groups -OCH3 is 1. The van der Waals surface area contributed by atoms with Gasteiger partial charge in [0.1, 0.15) is 11.2 Å². The van der Waals surface area contributed by atoms with Crippen molar-refractivity contribution in [3.05, 3.63) is 22.7 Å². The molecule has 0 radical (unpaired) electrons. The number of hydrogen-bond donors (Lipinski definition) is 1. The first kappa shape index (κ1) is 21.4. The number of ether oxygens (including phenoxy) is 1. The van der Waals surface area contributed by atoms with Crippen LogP contribution in [0, 0.1) is 5.92 Å². The van der Waals surface area contributed by atoms with Crippen LogP contribution in [0.25, 0.3) is 10.2 Å². The molecule has 2 amide bonds. The summed E-state index contributed by atoms with van der Waals surface area (Å²) < 4.78 is 8.43. The maximum absolute atomic E-state index is 13.6. The van der Waals surface area contributed by atoms with Gasteiger partial charge in [-0.15, -0.1) is 11.3 Å². The lowest BCUT2D eigenvalue weighted by Crippen LogP contribution is -2.65. The van der Waals surface area contributed by atoms with Gasteiger partial charge in [0.05, 0.1) is 23.4 Å². The lowest BCUT2D eigenvalue weighted by atomic mass is 9.86. The highest BCUT2D eigenvalue weighted by atomic mass is 32.1. The molecular weight excluding hydrogens is 398 g/mol. The van der Waals surface area contributed by atoms with Crippen LogP contribution in [0.1, 0.15) is 61.8 Å². The number of aryl methyl sites for hydroxylation is 1. The second kappa shape index (κ2) is 8.35. The molecule has 0 aromatic carbocycles. The first-order valence-corrected chi connectivity index (χ1v) is 11.9. The molecule has 4 rings (SSSR count). The summed E-state index contributed by atoms with van der Waals surface area (Å²) in [4.78, 5) is 30.1. The van der Waals surface area contributed by atoms with Crippen LogP contribution in [0.4, 0.5) is 0 Å². The van der Waals surface area contributed by atoms with Gasteiger partial charge in [-0.2, -0.15) is 0 Å². The quantitative estimate of drug-likeness (QED) is 0.756. The van der Waals surface area contributed by atoms with Gasteiger partial charge in [0.2, 0.25) is 5.91 Å². The molecule has 6 nitrogen and oxygen atoms in total. The molecule has 1 unspecified atom stereocenters. The molecule has 0 spiro atoms. The molecule has 0 saturated heterocycles. The van der Waals surface area contributed by atoms with Crippen molar-refractivity contribution in [2.45, 2.75) is 71.0 Å². The number of nitrogens with one attached hydrogen (secondary N) is 1. The Hall–Kier alpha value is -1.86. The van der Waals surface area contributed by atoms with Gasteiger partial charge < -0.3 is 19.5 Å². The van der Waals surface area contributed by atoms with Crippen LogP contribution >= 0.6 is 11.3 Å². The van der Waals surface area contributed by atoms with Crippen molar-refractivity contribution < 1.29 is 14.3 Å². The van der Waals surface area contributed by atoms with Crippen molar-refractivity contribution in [2.24, 2.45) is 5.92 Å². The van der Waals surface area contributed by atoms with E-state index in [9.17, 15) is 9.59 Å². The average molecular weight is 432 g/mol. The highest BCUT2D eigenvalue weighted by Gasteiger charge is 2.48. The van der Waals surface area contributed by atoms with E-state index in [0.717, 1.165) is 48.2 Å². The number of nitrogens with zero attached hydrogens (tertiary/aromatic N) is 2. The van der Waals surface area contributed by atoms with Gasteiger partial charge in [-0.25, -0.2) is 0 Å². The Balaban J connectivity index is 1.66. The van der Waals surface area contributed by atoms with Gasteiger partial charge in [0.25, 0.3) is 5.91 Å². The molecule has 3 heterocycles. The lowest BCUT2D eigenvalue weighted by molar-refractivity contribution is -0.134. The first-order valence-electron chi connectivity index (χ1n) is 11.1. The Bertz CT molecular complexity index is 941. The largest absolute Gasteiger partial charge is 0.383 e. The van der Waals surface area contributed by atoms with E-state index < -0.39 is 5.54 Å². The second-order valence-electron chi connectivity index (χ2n) is 9.09. The van der Waals surface area contributed by atoms with Gasteiger partial charge in [-0.1, -0.05) is 13.8 Å². The fourth-order valence-electron chi connectivity index (χ4n) is 4.84. The van der Waals surface area contributed by atoms with Gasteiger partial charge in [0.15, 0.2) is 0 Å². The van der Waals surface area contributed by atoms with Crippen molar-refractivity contribution in [3.63, 3.8) is 0 Å². The molecule has 1 aliphatic heterocycles. The highest BCUT2D eigenvalue weighted by Crippen LogP contribution is 2.36. The SMILES string of the molecule is CCc1cc2c(cc3n2CC(C)(C(=O)NC2CCC(C)CC2)N(CCOC)C3=O)s1. The molecule has 2 aromatic heterocycles. The minimum Gasteiger partial charge on any atom is -0.383 e. The third kappa shape index (κ3) is 3.66. The van der Waals surface area contributed by atoms with E-state index in [1.54, 1.807) is 23.3 Å². The van der Waals surface area contributed by atoms with Crippen LogP contribution in [0.15, 0.2) is 12.1 Å². The maximum Gasteiger partial charge on any atom is 0.271 e. The number of amides is 2. The maximum atomic E-state index is 13.6. The number of carbonyl (C=O) groups is 2. The van der Waals surface area contributed by atoms with Gasteiger partial charge >= 0.3 is 0 Å². The van der Waals surface area contributed by atoms with E-state index in [0.29, 0.717) is 25.4 Å². The first-order chi connectivity index (χ1) is 14.4. The second-order valence-corrected chi connectivity index (χ2v) is 10.3. The van der Waals surface area contributed by atoms with Crippen LogP contribution in [0.2, 0.25) is 0 Å². The third-order valence-electron chi connectivity index (χ3n) is 6.87. The van der Waals surface area contributed by atoms with E-state index in [2.05, 4.69) is 29.8 Å². The Morgan fingerprint density at radius 3 is 2.70 bits per heavy atom. The Kier molecular flexibility index (Phi) is 5.95. The molecule has 0 bridgehead atoms. The zero-order chi connectivity index (χ0) is 21.5. The molecular formula is C23H33N3O3S. The van der Waals surface area contributed by atoms with Gasteiger partial charge in [0, 0.05) is 24.6 Å². The number of aromatic nitrogens is 1. The summed E-state index contributed by atoms with van der Waals surface area (Å²) in [7, 11) is 1.62. The van der Waals surface area contributed by atoms with Crippen LogP contribution in [0.3, 0.4) is 0 Å². The molecule has 1 saturated carbocycles. The lowest BCUT2D eigenvalue weighted by Gasteiger charge is -2.44. The molecule has 7 heteroatoms. The number of rotatable bonds is 6. The predicted molar refractivity (Wildman–Crippen MR) is 120 cm³/mol. The third-order valence-corrected chi connectivity index (χ3v) is 8.09. The topological polar surface area (TPSA) is 63.6 Å². The standard InChI is InChI=1S/C23H33N3O3S/c1-5-17-12-18-20(30-17)13-19-21(27)26(10-11-29-4)23(3,14-25(18)19)22(28)24-16-8-6-15(2)7-9-16/h12-13,15-16H,5-11,14H2,1-4H3,(H,24,28). The summed E-state index contributed by atoms with van der Waals surface area (Å²) in [5, 5.41) is 3.28. The fourth-order valence-corrected chi connectivity index (χ4v) is 5.88. The molecule has 1 aliphatic carbocycles. The summed E-state index contributed by atoms with van der Waals surface area (Å²) in [6.45, 7) is 7.60. The molecule has 164 valence electrons. The minimum atomic E-state index is -0.939. The highest BCUT2D eigenvalue weighted by molar-refractivity contribution is 7.19. The summed E-state index contributed by atoms with van der Waals surface area (Å²) in [6, 6.07) is 4.35. The number of carbonyl (C=O) groups excluding carboxylic acids is 2. The van der Waals surface area contributed by atoms with E-state index >= 15 is 0 Å². The smallest absolute Gasteiger partial charge is 0.271 e. The predicted octanol–water partition coefficient (Wildman–Crippen LogP) is 3.82. The number of thiophene rings is 1. The van der Waals surface area contributed by atoms with E-state index in [1.165, 1.54) is 4.88 Å². The Labute approximate surface area is 182 Å². The van der Waals surface area contributed by atoms with Gasteiger partial charge in [-0.3, -0.25) is 9.59 Å². The number of fused-ring (bicyclic) bond motifs is 3. The zero-order valence-corrected chi connectivity index (χ0v) is 19.3. The van der Waals surface area contributed by atoms with Gasteiger partial charge in [-0.05, 0) is 57.1 Å². The molecule has 2 aromatic rings. The minimum absolute atomic E-state index is 0.0510. The molecule has 1 N–H and O–H groups in total. The zero-order valence-electron chi connectivity index (χ0n) is 18.5. The van der Waals surface area contributed by atoms with E-state index in [1.807, 2.05) is 13.0 Å². The molecule has 2 aliphatic rings. The molecule has 30 heavy (non-hydrogen) atoms. The van der Waals surface area contributed by atoms with E-state index in [4.69, 9.17) is 4.74 Å². The molecule has 1 fully saturated rings. The van der Waals surface area contributed by atoms with Crippen LogP contribution < -0.4 is 5.32 Å². The van der Waals surface area contributed by atoms with Crippen molar-refractivity contribution in [1.29, 1.82) is 0 Å². The van der Waals surface area contributed by atoms with Crippen molar-refractivity contribution in [2.75, 3.05) is 20.3 Å². The Morgan fingerprint density at radius 1 is 1.30 bits per heavy atom. The summed E-state index contributed by atoms with van der Waals surface area (Å²) >= 11 is 1.73. The fraction of sp³-hybridized carbons (Fsp3) is 0.652. The van der Waals surface area contributed by atoms with Crippen LogP contribution in [-0.4, -0.2) is 53.1 Å². The summed E-state index contributed by atoms with van der Waals surface area (Å²) in [5.41, 5.74) is 0.801.